The van der Waals surface area contributed by atoms with Crippen LogP contribution in [-0.4, -0.2) is 19.2 Å². The summed E-state index contributed by atoms with van der Waals surface area (Å²) in [7, 11) is 0. The van der Waals surface area contributed by atoms with Crippen molar-refractivity contribution in [3.05, 3.63) is 29.6 Å². The lowest BCUT2D eigenvalue weighted by molar-refractivity contribution is -0.143. The molecule has 0 bridgehead atoms. The Hall–Kier alpha value is -1.72. The van der Waals surface area contributed by atoms with Crippen LogP contribution in [0, 0.1) is 5.82 Å². The third-order valence-electron chi connectivity index (χ3n) is 2.14. The maximum Gasteiger partial charge on any atom is 0.387 e. The van der Waals surface area contributed by atoms with Gasteiger partial charge in [0.15, 0.2) is 11.6 Å². The molecule has 0 spiro atoms. The number of rotatable bonds is 6. The van der Waals surface area contributed by atoms with Gasteiger partial charge in [-0.3, -0.25) is 4.79 Å². The van der Waals surface area contributed by atoms with E-state index in [0.29, 0.717) is 5.56 Å². The molecule has 1 aromatic rings. The molecule has 0 N–H and O–H groups in total. The second-order valence-corrected chi connectivity index (χ2v) is 3.45. The zero-order valence-electron chi connectivity index (χ0n) is 9.79. The van der Waals surface area contributed by atoms with Gasteiger partial charge < -0.3 is 9.47 Å². The van der Waals surface area contributed by atoms with Crippen LogP contribution in [0.3, 0.4) is 0 Å². The number of alkyl halides is 2. The van der Waals surface area contributed by atoms with E-state index in [-0.39, 0.29) is 25.4 Å². The van der Waals surface area contributed by atoms with Gasteiger partial charge in [-0.1, -0.05) is 6.07 Å². The van der Waals surface area contributed by atoms with Crippen molar-refractivity contribution in [1.29, 1.82) is 0 Å². The Balaban J connectivity index is 2.58. The summed E-state index contributed by atoms with van der Waals surface area (Å²) in [5.74, 6) is -1.77. The molecule has 0 atom stereocenters. The molecule has 1 aromatic carbocycles. The lowest BCUT2D eigenvalue weighted by Gasteiger charge is -2.07. The minimum atomic E-state index is -3.06. The van der Waals surface area contributed by atoms with E-state index in [2.05, 4.69) is 4.74 Å². The maximum absolute atomic E-state index is 13.3. The molecule has 0 aliphatic heterocycles. The number of esters is 1. The number of hydrogen-bond acceptors (Lipinski definition) is 3. The third kappa shape index (κ3) is 4.65. The van der Waals surface area contributed by atoms with Crippen LogP contribution in [0.4, 0.5) is 13.2 Å². The average Bonchev–Trinajstić information content (AvgIpc) is 2.29. The van der Waals surface area contributed by atoms with E-state index < -0.39 is 18.2 Å². The molecule has 0 saturated carbocycles. The van der Waals surface area contributed by atoms with Gasteiger partial charge in [0.1, 0.15) is 0 Å². The molecule has 3 nitrogen and oxygen atoms in total. The Morgan fingerprint density at radius 3 is 2.67 bits per heavy atom. The molecule has 0 saturated heterocycles. The van der Waals surface area contributed by atoms with Crippen molar-refractivity contribution < 1.29 is 27.4 Å². The summed E-state index contributed by atoms with van der Waals surface area (Å²) in [5.41, 5.74) is 0.516. The monoisotopic (exact) mass is 262 g/mol. The predicted molar refractivity (Wildman–Crippen MR) is 58.0 cm³/mol. The maximum atomic E-state index is 13.3. The first-order chi connectivity index (χ1) is 8.52. The van der Waals surface area contributed by atoms with Crippen molar-refractivity contribution in [3.63, 3.8) is 0 Å². The number of carbonyl (C=O) groups excluding carboxylic acids is 1. The van der Waals surface area contributed by atoms with Gasteiger partial charge in [0, 0.05) is 6.42 Å². The molecule has 6 heteroatoms. The first kappa shape index (κ1) is 14.3. The van der Waals surface area contributed by atoms with Crippen molar-refractivity contribution in [1.82, 2.24) is 0 Å². The van der Waals surface area contributed by atoms with Crippen molar-refractivity contribution >= 4 is 5.97 Å². The van der Waals surface area contributed by atoms with Crippen LogP contribution in [0.5, 0.6) is 5.75 Å². The van der Waals surface area contributed by atoms with Gasteiger partial charge in [0.05, 0.1) is 6.61 Å². The van der Waals surface area contributed by atoms with E-state index >= 15 is 0 Å². The summed E-state index contributed by atoms with van der Waals surface area (Å²) < 4.78 is 45.8. The van der Waals surface area contributed by atoms with Crippen LogP contribution >= 0.6 is 0 Å². The topological polar surface area (TPSA) is 35.5 Å². The molecule has 0 aliphatic carbocycles. The highest BCUT2D eigenvalue weighted by Crippen LogP contribution is 2.21. The fraction of sp³-hybridized carbons (Fsp3) is 0.417. The third-order valence-corrected chi connectivity index (χ3v) is 2.14. The Bertz CT molecular complexity index is 408. The van der Waals surface area contributed by atoms with Crippen LogP contribution < -0.4 is 4.74 Å². The van der Waals surface area contributed by atoms with Gasteiger partial charge >= 0.3 is 12.6 Å². The Kier molecular flexibility index (Phi) is 5.48. The number of ether oxygens (including phenoxy) is 2. The smallest absolute Gasteiger partial charge is 0.387 e. The number of benzene rings is 1. The van der Waals surface area contributed by atoms with E-state index in [1.165, 1.54) is 6.07 Å². The van der Waals surface area contributed by atoms with Gasteiger partial charge in [-0.05, 0) is 31.0 Å². The first-order valence-electron chi connectivity index (χ1n) is 5.41. The number of aryl methyl sites for hydroxylation is 1. The molecule has 1 rings (SSSR count). The summed E-state index contributed by atoms with van der Waals surface area (Å²) in [6.45, 7) is -1.09. The SMILES string of the molecule is CCOC(=O)CCc1ccc(OC(F)F)c(F)c1. The first-order valence-corrected chi connectivity index (χ1v) is 5.41. The van der Waals surface area contributed by atoms with Crippen molar-refractivity contribution in [2.24, 2.45) is 0 Å². The minimum absolute atomic E-state index is 0.113. The van der Waals surface area contributed by atoms with Crippen LogP contribution in [0.1, 0.15) is 18.9 Å². The fourth-order valence-corrected chi connectivity index (χ4v) is 1.37. The largest absolute Gasteiger partial charge is 0.466 e. The Morgan fingerprint density at radius 1 is 1.39 bits per heavy atom. The van der Waals surface area contributed by atoms with Gasteiger partial charge in [0.2, 0.25) is 0 Å². The number of hydrogen-bond donors (Lipinski definition) is 0. The van der Waals surface area contributed by atoms with Crippen molar-refractivity contribution in [3.8, 4) is 5.75 Å². The second-order valence-electron chi connectivity index (χ2n) is 3.45. The summed E-state index contributed by atoms with van der Waals surface area (Å²) >= 11 is 0. The number of carbonyl (C=O) groups is 1. The molecule has 0 heterocycles. The fourth-order valence-electron chi connectivity index (χ4n) is 1.37. The van der Waals surface area contributed by atoms with Gasteiger partial charge in [0.25, 0.3) is 0 Å². The molecule has 18 heavy (non-hydrogen) atoms. The van der Waals surface area contributed by atoms with Crippen molar-refractivity contribution in [2.75, 3.05) is 6.61 Å². The summed E-state index contributed by atoms with van der Waals surface area (Å²) in [4.78, 5) is 11.1. The van der Waals surface area contributed by atoms with E-state index in [9.17, 15) is 18.0 Å². The second kappa shape index (κ2) is 6.88. The average molecular weight is 262 g/mol. The van der Waals surface area contributed by atoms with Crippen molar-refractivity contribution in [2.45, 2.75) is 26.4 Å². The predicted octanol–water partition coefficient (Wildman–Crippen LogP) is 2.92. The van der Waals surface area contributed by atoms with E-state index in [1.807, 2.05) is 0 Å². The van der Waals surface area contributed by atoms with Crippen LogP contribution in [-0.2, 0) is 16.0 Å². The van der Waals surface area contributed by atoms with Gasteiger partial charge in [-0.15, -0.1) is 0 Å². The normalized spacial score (nSPS) is 10.5. The summed E-state index contributed by atoms with van der Waals surface area (Å²) in [6.07, 6.45) is 0.396. The lowest BCUT2D eigenvalue weighted by atomic mass is 10.1. The van der Waals surface area contributed by atoms with Crippen LogP contribution in [0.15, 0.2) is 18.2 Å². The molecule has 0 fully saturated rings. The van der Waals surface area contributed by atoms with Crippen LogP contribution in [0.25, 0.3) is 0 Å². The van der Waals surface area contributed by atoms with Crippen LogP contribution in [0.2, 0.25) is 0 Å². The molecule has 0 aromatic heterocycles. The number of halogens is 3. The summed E-state index contributed by atoms with van der Waals surface area (Å²) in [5, 5.41) is 0. The molecular formula is C12H13F3O3. The molecule has 0 unspecified atom stereocenters. The molecule has 0 radical (unpaired) electrons. The highest BCUT2D eigenvalue weighted by molar-refractivity contribution is 5.69. The van der Waals surface area contributed by atoms with E-state index in [4.69, 9.17) is 4.74 Å². The molecular weight excluding hydrogens is 249 g/mol. The quantitative estimate of drug-likeness (QED) is 0.739. The molecule has 0 amide bonds. The van der Waals surface area contributed by atoms with Gasteiger partial charge in [-0.25, -0.2) is 4.39 Å². The highest BCUT2D eigenvalue weighted by atomic mass is 19.3. The van der Waals surface area contributed by atoms with E-state index in [0.717, 1.165) is 12.1 Å². The highest BCUT2D eigenvalue weighted by Gasteiger charge is 2.11. The summed E-state index contributed by atoms with van der Waals surface area (Å²) in [6, 6.07) is 3.61. The standard InChI is InChI=1S/C12H13F3O3/c1-2-17-11(16)6-4-8-3-5-10(9(13)7-8)18-12(14)15/h3,5,7,12H,2,4,6H2,1H3. The van der Waals surface area contributed by atoms with Gasteiger partial charge in [-0.2, -0.15) is 8.78 Å². The molecule has 100 valence electrons. The lowest BCUT2D eigenvalue weighted by Crippen LogP contribution is -2.06. The molecule has 0 aliphatic rings. The Morgan fingerprint density at radius 2 is 2.11 bits per heavy atom. The zero-order valence-corrected chi connectivity index (χ0v) is 9.79. The Labute approximate surface area is 103 Å². The minimum Gasteiger partial charge on any atom is -0.466 e. The van der Waals surface area contributed by atoms with E-state index in [1.54, 1.807) is 6.92 Å². The zero-order chi connectivity index (χ0) is 13.5.